The molecule has 2 aromatic carbocycles. The second-order valence-corrected chi connectivity index (χ2v) is 20.2. The minimum Gasteiger partial charge on any atom is -0.469 e. The van der Waals surface area contributed by atoms with E-state index in [0.717, 1.165) is 63.0 Å². The fourth-order valence-corrected chi connectivity index (χ4v) is 10.3. The molecule has 0 fully saturated rings. The van der Waals surface area contributed by atoms with E-state index in [1.54, 1.807) is 68.5 Å². The number of esters is 1. The summed E-state index contributed by atoms with van der Waals surface area (Å²) in [6, 6.07) is 13.4. The molecule has 326 valence electrons. The number of allylic oxidation sites excluding steroid dienone is 2. The number of nitrogens with zero attached hydrogens (tertiary/aromatic N) is 1. The van der Waals surface area contributed by atoms with E-state index in [1.807, 2.05) is 39.8 Å². The molecular formula is C48H54N4O8S2. The third-order valence-corrected chi connectivity index (χ3v) is 15.2. The molecule has 12 nitrogen and oxygen atoms in total. The van der Waals surface area contributed by atoms with E-state index in [0.29, 0.717) is 45.5 Å². The predicted octanol–water partition coefficient (Wildman–Crippen LogP) is 6.06. The number of H-pyrrole nitrogens is 2. The Morgan fingerprint density at radius 1 is 0.661 bits per heavy atom. The van der Waals surface area contributed by atoms with Crippen LogP contribution >= 0.6 is 0 Å². The molecule has 2 aromatic heterocycles. The Morgan fingerprint density at radius 3 is 1.81 bits per heavy atom. The van der Waals surface area contributed by atoms with E-state index in [4.69, 9.17) is 4.74 Å². The number of nitrogens with one attached hydrogen (secondary N) is 3. The Hall–Kier alpha value is -5.86. The summed E-state index contributed by atoms with van der Waals surface area (Å²) in [6.07, 6.45) is 7.88. The van der Waals surface area contributed by atoms with Crippen LogP contribution in [0.3, 0.4) is 0 Å². The van der Waals surface area contributed by atoms with Gasteiger partial charge in [-0.2, -0.15) is 0 Å². The van der Waals surface area contributed by atoms with Crippen LogP contribution in [0.15, 0.2) is 91.3 Å². The van der Waals surface area contributed by atoms with Crippen LogP contribution in [0.4, 0.5) is 0 Å². The number of hydrogen-bond donors (Lipinski definition) is 3. The highest BCUT2D eigenvalue weighted by Crippen LogP contribution is 2.30. The van der Waals surface area contributed by atoms with Crippen molar-refractivity contribution in [1.29, 1.82) is 0 Å². The van der Waals surface area contributed by atoms with Gasteiger partial charge in [-0.15, -0.1) is 0 Å². The van der Waals surface area contributed by atoms with Crippen LogP contribution < -0.4 is 16.0 Å². The molecule has 0 aliphatic carbocycles. The second kappa shape index (κ2) is 18.6. The molecule has 4 aromatic rings. The number of benzene rings is 2. The Balaban J connectivity index is 1.36. The summed E-state index contributed by atoms with van der Waals surface area (Å²) in [5, 5.41) is 4.36. The summed E-state index contributed by atoms with van der Waals surface area (Å²) < 4.78 is 57.7. The van der Waals surface area contributed by atoms with Crippen LogP contribution in [0.25, 0.3) is 18.2 Å². The maximum absolute atomic E-state index is 13.3. The van der Waals surface area contributed by atoms with Gasteiger partial charge in [0.2, 0.25) is 0 Å². The number of amides is 2. The lowest BCUT2D eigenvalue weighted by Crippen LogP contribution is -2.15. The van der Waals surface area contributed by atoms with Crippen molar-refractivity contribution in [3.8, 4) is 0 Å². The average Bonchev–Trinajstić information content (AvgIpc) is 3.87. The summed E-state index contributed by atoms with van der Waals surface area (Å²) in [5.74, 6) is -1.50. The summed E-state index contributed by atoms with van der Waals surface area (Å²) in [4.78, 5) is 50.3. The SMILES string of the molecule is CCCc1c(/C=c2\[nH]/c(=C\C3=NC(=O)C(CCS(=O)(=O)c4ccc(C)cc4)=C3C)c(C)c2CCC(=O)OC)[nH]c(/C=C2\NC(=O)C(C)=C2CCS(=O)(=O)c2ccc(C)cc2)c1C. The fourth-order valence-electron chi connectivity index (χ4n) is 7.83. The van der Waals surface area contributed by atoms with Gasteiger partial charge in [-0.3, -0.25) is 14.4 Å². The van der Waals surface area contributed by atoms with Crippen molar-refractivity contribution in [1.82, 2.24) is 15.3 Å². The van der Waals surface area contributed by atoms with Gasteiger partial charge in [-0.1, -0.05) is 48.7 Å². The summed E-state index contributed by atoms with van der Waals surface area (Å²) in [6.45, 7) is 13.3. The minimum atomic E-state index is -3.63. The molecular weight excluding hydrogens is 825 g/mol. The maximum atomic E-state index is 13.3. The van der Waals surface area contributed by atoms with Gasteiger partial charge in [0, 0.05) is 45.4 Å². The molecule has 4 heterocycles. The number of carbonyl (C=O) groups is 3. The van der Waals surface area contributed by atoms with Crippen molar-refractivity contribution in [2.75, 3.05) is 18.6 Å². The Bertz CT molecular complexity index is 2940. The van der Waals surface area contributed by atoms with Crippen molar-refractivity contribution in [2.24, 2.45) is 4.99 Å². The summed E-state index contributed by atoms with van der Waals surface area (Å²) in [7, 11) is -5.89. The van der Waals surface area contributed by atoms with Gasteiger partial charge in [-0.25, -0.2) is 21.8 Å². The number of hydrogen-bond acceptors (Lipinski definition) is 8. The molecule has 0 spiro atoms. The number of ether oxygens (including phenoxy) is 1. The van der Waals surface area contributed by atoms with E-state index in [-0.39, 0.29) is 52.4 Å². The zero-order valence-corrected chi connectivity index (χ0v) is 38.2. The topological polar surface area (TPSA) is 185 Å². The van der Waals surface area contributed by atoms with Gasteiger partial charge < -0.3 is 20.0 Å². The molecule has 2 aliphatic heterocycles. The lowest BCUT2D eigenvalue weighted by Gasteiger charge is -2.08. The van der Waals surface area contributed by atoms with Crippen LogP contribution in [0.2, 0.25) is 0 Å². The average molecular weight is 879 g/mol. The van der Waals surface area contributed by atoms with Crippen LogP contribution in [0.1, 0.15) is 91.2 Å². The van der Waals surface area contributed by atoms with Crippen LogP contribution in [0, 0.1) is 27.7 Å². The van der Waals surface area contributed by atoms with Gasteiger partial charge >= 0.3 is 5.97 Å². The molecule has 2 amide bonds. The van der Waals surface area contributed by atoms with Crippen molar-refractivity contribution >= 4 is 61.4 Å². The van der Waals surface area contributed by atoms with E-state index >= 15 is 0 Å². The van der Waals surface area contributed by atoms with E-state index < -0.39 is 25.6 Å². The summed E-state index contributed by atoms with van der Waals surface area (Å²) >= 11 is 0. The molecule has 0 atom stereocenters. The first-order chi connectivity index (χ1) is 29.3. The Morgan fingerprint density at radius 2 is 1.24 bits per heavy atom. The number of rotatable bonds is 16. The highest BCUT2D eigenvalue weighted by atomic mass is 32.2. The highest BCUT2D eigenvalue weighted by molar-refractivity contribution is 7.91. The molecule has 3 N–H and O–H groups in total. The summed E-state index contributed by atoms with van der Waals surface area (Å²) in [5.41, 5.74) is 10.2. The standard InChI is InChI=1S/C48H54N4O8S2/c1-9-10-36-30(4)41(26-45-38(33(7)47(54)52-45)21-23-61(56,57)34-15-11-28(2)12-16-34)50-43(36)27-44-37(19-20-46(53)60-8)31(5)40(49-44)25-42-32(6)39(48(55)51-42)22-24-62(58,59)35-17-13-29(3)14-18-35/h11-18,25-27,49-50H,9-10,19-24H2,1-8H3,(H,52,54)/b40-25-,44-27-,45-26-. The van der Waals surface area contributed by atoms with E-state index in [9.17, 15) is 31.2 Å². The zero-order valence-electron chi connectivity index (χ0n) is 36.5. The smallest absolute Gasteiger partial charge is 0.305 e. The first-order valence-electron chi connectivity index (χ1n) is 20.7. The normalized spacial score (nSPS) is 16.0. The number of sulfone groups is 2. The van der Waals surface area contributed by atoms with E-state index in [2.05, 4.69) is 27.2 Å². The fraction of sp³-hybridized carbons (Fsp3) is 0.333. The minimum absolute atomic E-state index is 0.0206. The van der Waals surface area contributed by atoms with Gasteiger partial charge in [0.25, 0.3) is 11.8 Å². The van der Waals surface area contributed by atoms with Gasteiger partial charge in [0.15, 0.2) is 19.7 Å². The molecule has 6 rings (SSSR count). The first-order valence-corrected chi connectivity index (χ1v) is 24.0. The molecule has 0 saturated heterocycles. The second-order valence-electron chi connectivity index (χ2n) is 16.0. The molecule has 62 heavy (non-hydrogen) atoms. The largest absolute Gasteiger partial charge is 0.469 e. The molecule has 2 aliphatic rings. The van der Waals surface area contributed by atoms with Crippen molar-refractivity contribution in [3.63, 3.8) is 0 Å². The Kier molecular flexibility index (Phi) is 13.7. The van der Waals surface area contributed by atoms with Gasteiger partial charge in [0.05, 0.1) is 34.1 Å². The van der Waals surface area contributed by atoms with Gasteiger partial charge in [-0.05, 0) is 143 Å². The third kappa shape index (κ3) is 9.92. The molecule has 0 saturated carbocycles. The lowest BCUT2D eigenvalue weighted by atomic mass is 10.0. The predicted molar refractivity (Wildman–Crippen MR) is 242 cm³/mol. The van der Waals surface area contributed by atoms with Crippen molar-refractivity contribution < 1.29 is 36.0 Å². The molecule has 14 heteroatoms. The number of aromatic amines is 2. The van der Waals surface area contributed by atoms with Crippen molar-refractivity contribution in [3.05, 3.63) is 132 Å². The lowest BCUT2D eigenvalue weighted by molar-refractivity contribution is -0.140. The molecule has 0 radical (unpaired) electrons. The van der Waals surface area contributed by atoms with Gasteiger partial charge in [0.1, 0.15) is 0 Å². The first kappa shape index (κ1) is 45.7. The number of carbonyl (C=O) groups excluding carboxylic acids is 3. The molecule has 0 bridgehead atoms. The number of aliphatic imine (C=N–C) groups is 1. The van der Waals surface area contributed by atoms with Crippen molar-refractivity contribution in [2.45, 2.75) is 96.8 Å². The third-order valence-electron chi connectivity index (χ3n) is 11.8. The zero-order chi connectivity index (χ0) is 45.1. The number of aryl methyl sites for hydroxylation is 2. The quantitative estimate of drug-likeness (QED) is 0.114. The number of aromatic nitrogens is 2. The number of methoxy groups -OCH3 is 1. The monoisotopic (exact) mass is 878 g/mol. The van der Waals surface area contributed by atoms with Crippen LogP contribution in [-0.4, -0.2) is 68.9 Å². The molecule has 0 unspecified atom stereocenters. The van der Waals surface area contributed by atoms with Crippen LogP contribution in [0.5, 0.6) is 0 Å². The van der Waals surface area contributed by atoms with E-state index in [1.165, 1.54) is 7.11 Å². The Labute approximate surface area is 363 Å². The maximum Gasteiger partial charge on any atom is 0.305 e. The van der Waals surface area contributed by atoms with Crippen LogP contribution in [-0.2, 0) is 51.6 Å². The highest BCUT2D eigenvalue weighted by Gasteiger charge is 2.28.